The van der Waals surface area contributed by atoms with Crippen LogP contribution in [0.3, 0.4) is 0 Å². The molecule has 0 saturated carbocycles. The number of rotatable bonds is 12. The first-order valence-corrected chi connectivity index (χ1v) is 13.5. The van der Waals surface area contributed by atoms with Crippen LogP contribution in [0.5, 0.6) is 5.75 Å². The summed E-state index contributed by atoms with van der Waals surface area (Å²) < 4.78 is 16.8. The molecular formula is C31H36N4O6. The molecule has 3 aromatic rings. The summed E-state index contributed by atoms with van der Waals surface area (Å²) in [6.07, 6.45) is -0.727. The molecule has 216 valence electrons. The van der Waals surface area contributed by atoms with Gasteiger partial charge in [-0.25, -0.2) is 4.79 Å². The Morgan fingerprint density at radius 1 is 0.976 bits per heavy atom. The SMILES string of the molecule is CCOC(CN1C(=O)C(NC(=O)Nc2cccc(OC)c2)(C(C(N)=O)c2cccc(C)c2)c2ccccc21)OCC. The molecule has 0 radical (unpaired) electrons. The summed E-state index contributed by atoms with van der Waals surface area (Å²) in [4.78, 5) is 43.1. The summed E-state index contributed by atoms with van der Waals surface area (Å²) in [6, 6.07) is 20.3. The maximum absolute atomic E-state index is 14.7. The fourth-order valence-electron chi connectivity index (χ4n) is 5.33. The summed E-state index contributed by atoms with van der Waals surface area (Å²) in [5, 5.41) is 5.66. The van der Waals surface area contributed by atoms with Gasteiger partial charge in [0, 0.05) is 30.5 Å². The van der Waals surface area contributed by atoms with Gasteiger partial charge in [-0.1, -0.05) is 54.1 Å². The quantitative estimate of drug-likeness (QED) is 0.287. The summed E-state index contributed by atoms with van der Waals surface area (Å²) in [6.45, 7) is 6.32. The first kappa shape index (κ1) is 29.6. The molecule has 4 amide bonds. The van der Waals surface area contributed by atoms with Crippen LogP contribution in [-0.4, -0.2) is 51.0 Å². The molecule has 1 aliphatic heterocycles. The van der Waals surface area contributed by atoms with Crippen molar-refractivity contribution >= 4 is 29.2 Å². The van der Waals surface area contributed by atoms with Crippen molar-refractivity contribution in [1.29, 1.82) is 0 Å². The van der Waals surface area contributed by atoms with E-state index in [9.17, 15) is 14.4 Å². The minimum Gasteiger partial charge on any atom is -0.497 e. The van der Waals surface area contributed by atoms with Gasteiger partial charge in [-0.05, 0) is 44.5 Å². The highest BCUT2D eigenvalue weighted by Crippen LogP contribution is 2.48. The predicted octanol–water partition coefficient (Wildman–Crippen LogP) is 4.04. The predicted molar refractivity (Wildman–Crippen MR) is 156 cm³/mol. The lowest BCUT2D eigenvalue weighted by molar-refractivity contribution is -0.139. The van der Waals surface area contributed by atoms with Gasteiger partial charge in [-0.2, -0.15) is 0 Å². The summed E-state index contributed by atoms with van der Waals surface area (Å²) in [5.74, 6) is -2.00. The Morgan fingerprint density at radius 2 is 1.68 bits per heavy atom. The Labute approximate surface area is 239 Å². The van der Waals surface area contributed by atoms with Crippen molar-refractivity contribution in [3.63, 3.8) is 0 Å². The number of amides is 4. The second kappa shape index (κ2) is 12.8. The Hall–Kier alpha value is -4.41. The third-order valence-corrected chi connectivity index (χ3v) is 6.97. The summed E-state index contributed by atoms with van der Waals surface area (Å²) in [5.41, 5.74) is 6.94. The first-order valence-electron chi connectivity index (χ1n) is 13.5. The maximum atomic E-state index is 14.7. The standard InChI is InChI=1S/C31H36N4O6/c1-5-40-26(41-6-2)19-35-25-16-8-7-15-24(25)31(29(35)37,27(28(32)36)21-12-9-11-20(3)17-21)34-30(38)33-22-13-10-14-23(18-22)39-4/h7-18,26-27H,5-6,19H2,1-4H3,(H2,32,36)(H2,33,34,38). The van der Waals surface area contributed by atoms with E-state index in [0.29, 0.717) is 41.5 Å². The molecule has 10 heteroatoms. The fraction of sp³-hybridized carbons (Fsp3) is 0.323. The minimum absolute atomic E-state index is 0.0394. The maximum Gasteiger partial charge on any atom is 0.320 e. The largest absolute Gasteiger partial charge is 0.497 e. The highest BCUT2D eigenvalue weighted by Gasteiger charge is 2.59. The van der Waals surface area contributed by atoms with E-state index in [1.165, 1.54) is 12.0 Å². The third-order valence-electron chi connectivity index (χ3n) is 6.97. The van der Waals surface area contributed by atoms with E-state index < -0.39 is 35.6 Å². The van der Waals surface area contributed by atoms with Crippen LogP contribution in [0, 0.1) is 6.92 Å². The van der Waals surface area contributed by atoms with Gasteiger partial charge in [-0.3, -0.25) is 9.59 Å². The van der Waals surface area contributed by atoms with E-state index in [4.69, 9.17) is 19.9 Å². The molecule has 1 aliphatic rings. The second-order valence-electron chi connectivity index (χ2n) is 9.64. The number of carbonyl (C=O) groups excluding carboxylic acids is 3. The van der Waals surface area contributed by atoms with Crippen molar-refractivity contribution in [2.75, 3.05) is 37.1 Å². The monoisotopic (exact) mass is 560 g/mol. The number of urea groups is 1. The summed E-state index contributed by atoms with van der Waals surface area (Å²) in [7, 11) is 1.52. The van der Waals surface area contributed by atoms with Crippen LogP contribution in [0.1, 0.15) is 36.5 Å². The smallest absolute Gasteiger partial charge is 0.320 e. The molecule has 4 N–H and O–H groups in total. The number of para-hydroxylation sites is 1. The normalized spacial score (nSPS) is 16.8. The Morgan fingerprint density at radius 3 is 2.34 bits per heavy atom. The number of hydrogen-bond donors (Lipinski definition) is 3. The Kier molecular flexibility index (Phi) is 9.26. The number of benzene rings is 3. The number of anilines is 2. The molecule has 0 aromatic heterocycles. The van der Waals surface area contributed by atoms with Crippen LogP contribution in [0.15, 0.2) is 72.8 Å². The molecule has 0 bridgehead atoms. The lowest BCUT2D eigenvalue weighted by Crippen LogP contribution is -2.60. The zero-order valence-electron chi connectivity index (χ0n) is 23.7. The molecule has 0 spiro atoms. The van der Waals surface area contributed by atoms with Crippen LogP contribution in [0.4, 0.5) is 16.2 Å². The number of nitrogens with zero attached hydrogens (tertiary/aromatic N) is 1. The van der Waals surface area contributed by atoms with Crippen LogP contribution in [0.2, 0.25) is 0 Å². The molecule has 3 aromatic carbocycles. The molecular weight excluding hydrogens is 524 g/mol. The zero-order valence-corrected chi connectivity index (χ0v) is 23.7. The molecule has 0 fully saturated rings. The van der Waals surface area contributed by atoms with E-state index in [0.717, 1.165) is 5.56 Å². The van der Waals surface area contributed by atoms with E-state index in [2.05, 4.69) is 10.6 Å². The van der Waals surface area contributed by atoms with E-state index in [-0.39, 0.29) is 6.54 Å². The minimum atomic E-state index is -1.87. The van der Waals surface area contributed by atoms with Crippen molar-refractivity contribution in [3.05, 3.63) is 89.5 Å². The third kappa shape index (κ3) is 6.03. The number of nitrogens with two attached hydrogens (primary N) is 1. The van der Waals surface area contributed by atoms with Crippen molar-refractivity contribution < 1.29 is 28.6 Å². The Balaban J connectivity index is 1.86. The number of carbonyl (C=O) groups is 3. The van der Waals surface area contributed by atoms with Gasteiger partial charge in [0.15, 0.2) is 11.8 Å². The first-order chi connectivity index (χ1) is 19.7. The van der Waals surface area contributed by atoms with Gasteiger partial charge in [0.05, 0.1) is 25.3 Å². The lowest BCUT2D eigenvalue weighted by atomic mass is 9.74. The number of nitrogens with one attached hydrogen (secondary N) is 2. The van der Waals surface area contributed by atoms with Crippen molar-refractivity contribution in [1.82, 2.24) is 5.32 Å². The van der Waals surface area contributed by atoms with Crippen LogP contribution in [-0.2, 0) is 24.6 Å². The number of ether oxygens (including phenoxy) is 3. The van der Waals surface area contributed by atoms with Crippen LogP contribution < -0.4 is 26.0 Å². The highest BCUT2D eigenvalue weighted by molar-refractivity contribution is 6.13. The van der Waals surface area contributed by atoms with Gasteiger partial charge in [-0.15, -0.1) is 0 Å². The van der Waals surface area contributed by atoms with Gasteiger partial charge in [0.2, 0.25) is 5.91 Å². The number of hydrogen-bond acceptors (Lipinski definition) is 6. The van der Waals surface area contributed by atoms with E-state index in [1.54, 1.807) is 66.7 Å². The second-order valence-corrected chi connectivity index (χ2v) is 9.64. The number of methoxy groups -OCH3 is 1. The van der Waals surface area contributed by atoms with Crippen molar-refractivity contribution in [3.8, 4) is 5.75 Å². The van der Waals surface area contributed by atoms with Crippen LogP contribution >= 0.6 is 0 Å². The van der Waals surface area contributed by atoms with E-state index in [1.807, 2.05) is 26.8 Å². The fourth-order valence-corrected chi connectivity index (χ4v) is 5.33. The van der Waals surface area contributed by atoms with Gasteiger partial charge < -0.3 is 35.5 Å². The van der Waals surface area contributed by atoms with E-state index >= 15 is 0 Å². The lowest BCUT2D eigenvalue weighted by Gasteiger charge is -2.36. The van der Waals surface area contributed by atoms with Gasteiger partial charge >= 0.3 is 6.03 Å². The molecule has 10 nitrogen and oxygen atoms in total. The molecule has 1 heterocycles. The van der Waals surface area contributed by atoms with Crippen LogP contribution in [0.25, 0.3) is 0 Å². The average molecular weight is 561 g/mol. The number of fused-ring (bicyclic) bond motifs is 1. The highest BCUT2D eigenvalue weighted by atomic mass is 16.7. The van der Waals surface area contributed by atoms with Crippen molar-refractivity contribution in [2.24, 2.45) is 5.73 Å². The molecule has 0 aliphatic carbocycles. The molecule has 2 atom stereocenters. The van der Waals surface area contributed by atoms with Gasteiger partial charge in [0.1, 0.15) is 5.75 Å². The number of primary amides is 1. The van der Waals surface area contributed by atoms with Gasteiger partial charge in [0.25, 0.3) is 5.91 Å². The Bertz CT molecular complexity index is 1410. The zero-order chi connectivity index (χ0) is 29.6. The molecule has 4 rings (SSSR count). The molecule has 41 heavy (non-hydrogen) atoms. The molecule has 2 unspecified atom stereocenters. The van der Waals surface area contributed by atoms with Crippen molar-refractivity contribution in [2.45, 2.75) is 38.5 Å². The topological polar surface area (TPSA) is 132 Å². The summed E-state index contributed by atoms with van der Waals surface area (Å²) >= 11 is 0. The number of aryl methyl sites for hydroxylation is 1. The molecule has 0 saturated heterocycles. The average Bonchev–Trinajstić information content (AvgIpc) is 3.16.